The number of hydrogen-bond acceptors (Lipinski definition) is 5. The Hall–Kier alpha value is -2.61. The van der Waals surface area contributed by atoms with E-state index >= 15 is 0 Å². The maximum absolute atomic E-state index is 14.7. The van der Waals surface area contributed by atoms with Crippen LogP contribution in [-0.4, -0.2) is 53.8 Å². The average molecular weight is 363 g/mol. The lowest BCUT2D eigenvalue weighted by molar-refractivity contribution is 0.0694. The van der Waals surface area contributed by atoms with Gasteiger partial charge in [-0.15, -0.1) is 0 Å². The first-order valence-electron chi connectivity index (χ1n) is 8.55. The Bertz CT molecular complexity index is 925. The summed E-state index contributed by atoms with van der Waals surface area (Å²) in [5, 5.41) is 12.3. The Morgan fingerprint density at radius 2 is 2.27 bits per heavy atom. The van der Waals surface area contributed by atoms with Crippen LogP contribution in [0.4, 0.5) is 10.1 Å². The molecular weight excluding hydrogens is 341 g/mol. The second kappa shape index (κ2) is 6.95. The highest BCUT2D eigenvalue weighted by molar-refractivity contribution is 5.97. The number of carboxylic acid groups (broad SMARTS) is 1. The van der Waals surface area contributed by atoms with Crippen LogP contribution in [0, 0.1) is 5.82 Å². The van der Waals surface area contributed by atoms with Gasteiger partial charge in [-0.05, 0) is 26.6 Å². The third-order valence-electron chi connectivity index (χ3n) is 4.73. The Morgan fingerprint density at radius 3 is 2.92 bits per heavy atom. The van der Waals surface area contributed by atoms with Crippen molar-refractivity contribution in [3.63, 3.8) is 0 Å². The summed E-state index contributed by atoms with van der Waals surface area (Å²) in [7, 11) is 1.96. The number of carboxylic acids is 1. The molecule has 2 N–H and O–H groups in total. The Kier molecular flexibility index (Phi) is 4.86. The summed E-state index contributed by atoms with van der Waals surface area (Å²) in [5.74, 6) is -1.70. The van der Waals surface area contributed by atoms with Crippen molar-refractivity contribution in [3.05, 3.63) is 33.9 Å². The molecule has 2 aromatic rings. The van der Waals surface area contributed by atoms with Crippen LogP contribution in [0.5, 0.6) is 5.75 Å². The van der Waals surface area contributed by atoms with Crippen LogP contribution in [0.3, 0.4) is 0 Å². The van der Waals surface area contributed by atoms with E-state index < -0.39 is 17.2 Å². The second-order valence-electron chi connectivity index (χ2n) is 6.53. The summed E-state index contributed by atoms with van der Waals surface area (Å²) < 4.78 is 22.1. The molecular formula is C18H22FN3O4. The predicted molar refractivity (Wildman–Crippen MR) is 97.0 cm³/mol. The van der Waals surface area contributed by atoms with Crippen molar-refractivity contribution in [1.82, 2.24) is 9.47 Å². The molecule has 3 rings (SSSR count). The van der Waals surface area contributed by atoms with Crippen LogP contribution in [0.1, 0.15) is 30.2 Å². The van der Waals surface area contributed by atoms with Gasteiger partial charge in [0.1, 0.15) is 17.9 Å². The van der Waals surface area contributed by atoms with Gasteiger partial charge in [0, 0.05) is 19.3 Å². The number of anilines is 1. The molecule has 2 heterocycles. The first-order chi connectivity index (χ1) is 12.3. The molecule has 1 aliphatic rings. The number of aromatic nitrogens is 1. The molecule has 1 aromatic heterocycles. The number of nitrogens with one attached hydrogen (secondary N) is 1. The minimum atomic E-state index is -1.33. The van der Waals surface area contributed by atoms with Gasteiger partial charge in [0.05, 0.1) is 16.9 Å². The van der Waals surface area contributed by atoms with E-state index in [0.717, 1.165) is 12.6 Å². The molecule has 140 valence electrons. The quantitative estimate of drug-likeness (QED) is 0.818. The Balaban J connectivity index is 2.16. The van der Waals surface area contributed by atoms with Gasteiger partial charge < -0.3 is 24.6 Å². The van der Waals surface area contributed by atoms with Crippen LogP contribution in [0.15, 0.2) is 17.1 Å². The van der Waals surface area contributed by atoms with Gasteiger partial charge in [0.15, 0.2) is 11.6 Å². The van der Waals surface area contributed by atoms with Crippen molar-refractivity contribution < 1.29 is 19.0 Å². The lowest BCUT2D eigenvalue weighted by Gasteiger charge is -2.29. The highest BCUT2D eigenvalue weighted by atomic mass is 19.1. The molecule has 0 bridgehead atoms. The summed E-state index contributed by atoms with van der Waals surface area (Å²) in [6.07, 6.45) is 1.32. The fourth-order valence-electron chi connectivity index (χ4n) is 3.07. The van der Waals surface area contributed by atoms with E-state index in [1.807, 2.05) is 20.9 Å². The van der Waals surface area contributed by atoms with Crippen LogP contribution >= 0.6 is 0 Å². The average Bonchev–Trinajstić information content (AvgIpc) is 2.60. The molecule has 1 atom stereocenters. The van der Waals surface area contributed by atoms with E-state index in [1.54, 1.807) is 4.57 Å². The minimum Gasteiger partial charge on any atom is -0.487 e. The summed E-state index contributed by atoms with van der Waals surface area (Å²) in [6.45, 7) is 6.25. The fourth-order valence-corrected chi connectivity index (χ4v) is 3.07. The number of ether oxygens (including phenoxy) is 1. The van der Waals surface area contributed by atoms with Crippen LogP contribution in [0.25, 0.3) is 10.9 Å². The highest BCUT2D eigenvalue weighted by Crippen LogP contribution is 2.39. The molecule has 0 saturated heterocycles. The zero-order valence-corrected chi connectivity index (χ0v) is 15.0. The first-order valence-corrected chi connectivity index (χ1v) is 8.55. The van der Waals surface area contributed by atoms with Crippen molar-refractivity contribution in [2.24, 2.45) is 0 Å². The monoisotopic (exact) mass is 363 g/mol. The normalized spacial score (nSPS) is 16.0. The predicted octanol–water partition coefficient (Wildman–Crippen LogP) is 2.16. The third kappa shape index (κ3) is 3.01. The van der Waals surface area contributed by atoms with E-state index in [2.05, 4.69) is 10.2 Å². The van der Waals surface area contributed by atoms with E-state index in [0.29, 0.717) is 18.6 Å². The number of hydrogen-bond donors (Lipinski definition) is 2. The maximum Gasteiger partial charge on any atom is 0.341 e. The largest absolute Gasteiger partial charge is 0.487 e. The minimum absolute atomic E-state index is 0.0141. The molecule has 26 heavy (non-hydrogen) atoms. The lowest BCUT2D eigenvalue weighted by atomic mass is 10.1. The molecule has 1 aliphatic heterocycles. The number of halogens is 1. The third-order valence-corrected chi connectivity index (χ3v) is 4.73. The standard InChI is InChI=1S/C18H22FN3O4/c1-4-21(3)6-5-20-14-13(19)7-11-15-17(14)26-9-10(2)22(15)8-12(16(11)23)18(24)25/h7-8,10,20H,4-6,9H2,1-3H3,(H,24,25)/t10-/m0/s1. The van der Waals surface area contributed by atoms with Crippen molar-refractivity contribution in [3.8, 4) is 5.75 Å². The Morgan fingerprint density at radius 1 is 1.54 bits per heavy atom. The molecule has 1 aromatic carbocycles. The Labute approximate surface area is 150 Å². The van der Waals surface area contributed by atoms with Gasteiger partial charge in [0.25, 0.3) is 0 Å². The van der Waals surface area contributed by atoms with Crippen LogP contribution < -0.4 is 15.5 Å². The fraction of sp³-hybridized carbons (Fsp3) is 0.444. The van der Waals surface area contributed by atoms with Gasteiger partial charge >= 0.3 is 5.97 Å². The molecule has 0 aliphatic carbocycles. The second-order valence-corrected chi connectivity index (χ2v) is 6.53. The van der Waals surface area contributed by atoms with Crippen molar-refractivity contribution in [1.29, 1.82) is 0 Å². The van der Waals surface area contributed by atoms with Crippen molar-refractivity contribution >= 4 is 22.6 Å². The van der Waals surface area contributed by atoms with Crippen molar-refractivity contribution in [2.45, 2.75) is 19.9 Å². The molecule has 0 saturated carbocycles. The zero-order chi connectivity index (χ0) is 19.0. The van der Waals surface area contributed by atoms with Crippen molar-refractivity contribution in [2.75, 3.05) is 38.6 Å². The molecule has 0 spiro atoms. The van der Waals surface area contributed by atoms with Gasteiger partial charge in [-0.2, -0.15) is 0 Å². The van der Waals surface area contributed by atoms with E-state index in [9.17, 15) is 19.1 Å². The molecule has 0 amide bonds. The SMILES string of the molecule is CCN(C)CCNc1c(F)cc2c(=O)c(C(=O)O)cn3c2c1OC[C@@H]3C. The number of carbonyl (C=O) groups is 1. The van der Waals surface area contributed by atoms with E-state index in [-0.39, 0.29) is 35.0 Å². The molecule has 0 radical (unpaired) electrons. The van der Waals surface area contributed by atoms with Gasteiger partial charge in [0.2, 0.25) is 5.43 Å². The smallest absolute Gasteiger partial charge is 0.341 e. The summed E-state index contributed by atoms with van der Waals surface area (Å²) in [5.41, 5.74) is -0.461. The zero-order valence-electron chi connectivity index (χ0n) is 15.0. The molecule has 8 heteroatoms. The summed E-state index contributed by atoms with van der Waals surface area (Å²) >= 11 is 0. The number of benzene rings is 1. The first kappa shape index (κ1) is 18.2. The maximum atomic E-state index is 14.7. The number of nitrogens with zero attached hydrogens (tertiary/aromatic N) is 2. The summed E-state index contributed by atoms with van der Waals surface area (Å²) in [4.78, 5) is 25.9. The van der Waals surface area contributed by atoms with Gasteiger partial charge in [-0.1, -0.05) is 6.92 Å². The molecule has 0 fully saturated rings. The highest BCUT2D eigenvalue weighted by Gasteiger charge is 2.27. The van der Waals surface area contributed by atoms with Crippen LogP contribution in [0.2, 0.25) is 0 Å². The number of likely N-dealkylation sites (N-methyl/N-ethyl adjacent to an activating group) is 1. The van der Waals surface area contributed by atoms with Gasteiger partial charge in [-0.25, -0.2) is 9.18 Å². The number of rotatable bonds is 6. The van der Waals surface area contributed by atoms with Crippen LogP contribution in [-0.2, 0) is 0 Å². The topological polar surface area (TPSA) is 83.8 Å². The van der Waals surface area contributed by atoms with E-state index in [1.165, 1.54) is 6.20 Å². The molecule has 0 unspecified atom stereocenters. The number of pyridine rings is 1. The lowest BCUT2D eigenvalue weighted by Crippen LogP contribution is -2.28. The van der Waals surface area contributed by atoms with Gasteiger partial charge in [-0.3, -0.25) is 4.79 Å². The number of aromatic carboxylic acids is 1. The summed E-state index contributed by atoms with van der Waals surface area (Å²) in [6, 6.07) is 0.922. The molecule has 7 nitrogen and oxygen atoms in total. The van der Waals surface area contributed by atoms with E-state index in [4.69, 9.17) is 4.74 Å².